The zero-order valence-corrected chi connectivity index (χ0v) is 9.80. The van der Waals surface area contributed by atoms with Gasteiger partial charge in [0.15, 0.2) is 0 Å². The maximum absolute atomic E-state index is 11.5. The number of rotatable bonds is 3. The highest BCUT2D eigenvalue weighted by molar-refractivity contribution is 5.79. The molecule has 2 atom stereocenters. The van der Waals surface area contributed by atoms with Crippen LogP contribution < -0.4 is 0 Å². The number of carbonyl (C=O) groups excluding carboxylic acids is 1. The number of carbonyl (C=O) groups is 1. The first-order valence-electron chi connectivity index (χ1n) is 6.49. The van der Waals surface area contributed by atoms with E-state index in [0.29, 0.717) is 11.7 Å². The first kappa shape index (κ1) is 10.9. The van der Waals surface area contributed by atoms with Crippen molar-refractivity contribution in [1.29, 1.82) is 0 Å². The molecule has 0 saturated heterocycles. The predicted molar refractivity (Wildman–Crippen MR) is 62.7 cm³/mol. The molecule has 2 aliphatic carbocycles. The molecule has 0 radical (unpaired) electrons. The molecule has 0 aromatic rings. The Morgan fingerprint density at radius 3 is 2.87 bits per heavy atom. The van der Waals surface area contributed by atoms with Gasteiger partial charge in [-0.1, -0.05) is 25.0 Å². The molecule has 0 aromatic carbocycles. The van der Waals surface area contributed by atoms with Crippen LogP contribution in [0.3, 0.4) is 0 Å². The second kappa shape index (κ2) is 4.96. The van der Waals surface area contributed by atoms with Gasteiger partial charge in [0.2, 0.25) is 0 Å². The van der Waals surface area contributed by atoms with Gasteiger partial charge in [0.1, 0.15) is 5.78 Å². The quantitative estimate of drug-likeness (QED) is 0.640. The molecule has 15 heavy (non-hydrogen) atoms. The maximum Gasteiger partial charge on any atom is 0.133 e. The fourth-order valence-electron chi connectivity index (χ4n) is 3.18. The molecule has 0 bridgehead atoms. The van der Waals surface area contributed by atoms with E-state index >= 15 is 0 Å². The minimum absolute atomic E-state index is 0.503. The molecule has 0 spiro atoms. The monoisotopic (exact) mass is 206 g/mol. The van der Waals surface area contributed by atoms with E-state index in [1.807, 2.05) is 0 Å². The lowest BCUT2D eigenvalue weighted by Crippen LogP contribution is -2.24. The van der Waals surface area contributed by atoms with Gasteiger partial charge in [-0.15, -0.1) is 0 Å². The Balaban J connectivity index is 1.94. The van der Waals surface area contributed by atoms with Crippen LogP contribution in [0, 0.1) is 11.8 Å². The number of Topliss-reactive ketones (excluding diaryl/α,β-unsaturated/α-hetero) is 1. The SMILES string of the molecule is CCC1CCC(=O)CC1CC1=CCCC1. The maximum atomic E-state index is 11.5. The third-order valence-electron chi connectivity index (χ3n) is 4.13. The Bertz CT molecular complexity index is 265. The highest BCUT2D eigenvalue weighted by Crippen LogP contribution is 2.36. The van der Waals surface area contributed by atoms with Gasteiger partial charge in [0.05, 0.1) is 0 Å². The normalized spacial score (nSPS) is 31.8. The van der Waals surface area contributed by atoms with Crippen molar-refractivity contribution in [2.45, 2.75) is 58.3 Å². The smallest absolute Gasteiger partial charge is 0.133 e. The second-order valence-corrected chi connectivity index (χ2v) is 5.17. The van der Waals surface area contributed by atoms with E-state index in [0.717, 1.165) is 25.2 Å². The molecular weight excluding hydrogens is 184 g/mol. The highest BCUT2D eigenvalue weighted by Gasteiger charge is 2.28. The van der Waals surface area contributed by atoms with Crippen molar-refractivity contribution >= 4 is 5.78 Å². The summed E-state index contributed by atoms with van der Waals surface area (Å²) in [6, 6.07) is 0. The molecule has 0 N–H and O–H groups in total. The van der Waals surface area contributed by atoms with E-state index < -0.39 is 0 Å². The number of hydrogen-bond acceptors (Lipinski definition) is 1. The molecular formula is C14H22O. The molecule has 1 nitrogen and oxygen atoms in total. The van der Waals surface area contributed by atoms with E-state index in [1.165, 1.54) is 32.1 Å². The Labute approximate surface area is 92.9 Å². The van der Waals surface area contributed by atoms with Crippen molar-refractivity contribution in [3.63, 3.8) is 0 Å². The fraction of sp³-hybridized carbons (Fsp3) is 0.786. The standard InChI is InChI=1S/C14H22O/c1-2-12-7-8-14(15)10-13(12)9-11-5-3-4-6-11/h5,12-13H,2-4,6-10H2,1H3. The van der Waals surface area contributed by atoms with Gasteiger partial charge in [-0.25, -0.2) is 0 Å². The fourth-order valence-corrected chi connectivity index (χ4v) is 3.18. The molecule has 0 heterocycles. The van der Waals surface area contributed by atoms with Crippen molar-refractivity contribution in [1.82, 2.24) is 0 Å². The third kappa shape index (κ3) is 2.70. The molecule has 2 unspecified atom stereocenters. The number of ketones is 1. The average Bonchev–Trinajstić information content (AvgIpc) is 2.71. The van der Waals surface area contributed by atoms with Gasteiger partial charge in [0.25, 0.3) is 0 Å². The van der Waals surface area contributed by atoms with Gasteiger partial charge in [0, 0.05) is 12.8 Å². The van der Waals surface area contributed by atoms with Crippen LogP contribution in [0.15, 0.2) is 11.6 Å². The predicted octanol–water partition coefficient (Wildman–Crippen LogP) is 3.88. The summed E-state index contributed by atoms with van der Waals surface area (Å²) < 4.78 is 0. The van der Waals surface area contributed by atoms with Crippen molar-refractivity contribution in [2.24, 2.45) is 11.8 Å². The molecule has 1 fully saturated rings. The summed E-state index contributed by atoms with van der Waals surface area (Å²) in [5.41, 5.74) is 1.63. The van der Waals surface area contributed by atoms with Crippen LogP contribution in [0.2, 0.25) is 0 Å². The summed E-state index contributed by atoms with van der Waals surface area (Å²) in [5.74, 6) is 1.98. The zero-order valence-electron chi connectivity index (χ0n) is 9.80. The topological polar surface area (TPSA) is 17.1 Å². The van der Waals surface area contributed by atoms with Gasteiger partial charge in [-0.2, -0.15) is 0 Å². The Hall–Kier alpha value is -0.590. The molecule has 2 rings (SSSR count). The largest absolute Gasteiger partial charge is 0.300 e. The number of hydrogen-bond donors (Lipinski definition) is 0. The number of allylic oxidation sites excluding steroid dienone is 2. The molecule has 2 aliphatic rings. The lowest BCUT2D eigenvalue weighted by Gasteiger charge is -2.30. The van der Waals surface area contributed by atoms with E-state index in [2.05, 4.69) is 13.0 Å². The van der Waals surface area contributed by atoms with Gasteiger partial charge >= 0.3 is 0 Å². The average molecular weight is 206 g/mol. The lowest BCUT2D eigenvalue weighted by molar-refractivity contribution is -0.122. The van der Waals surface area contributed by atoms with Crippen LogP contribution in [0.1, 0.15) is 58.3 Å². The molecule has 1 heteroatoms. The molecule has 0 aliphatic heterocycles. The minimum Gasteiger partial charge on any atom is -0.300 e. The Kier molecular flexibility index (Phi) is 3.61. The van der Waals surface area contributed by atoms with Crippen molar-refractivity contribution in [3.8, 4) is 0 Å². The van der Waals surface area contributed by atoms with Crippen LogP contribution in [0.4, 0.5) is 0 Å². The van der Waals surface area contributed by atoms with E-state index in [4.69, 9.17) is 0 Å². The van der Waals surface area contributed by atoms with Crippen LogP contribution in [0.5, 0.6) is 0 Å². The van der Waals surface area contributed by atoms with E-state index in [1.54, 1.807) is 5.57 Å². The summed E-state index contributed by atoms with van der Waals surface area (Å²) in [6.45, 7) is 2.27. The van der Waals surface area contributed by atoms with Crippen LogP contribution in [0.25, 0.3) is 0 Å². The van der Waals surface area contributed by atoms with Crippen molar-refractivity contribution in [3.05, 3.63) is 11.6 Å². The first-order valence-corrected chi connectivity index (χ1v) is 6.49. The Morgan fingerprint density at radius 1 is 1.33 bits per heavy atom. The van der Waals surface area contributed by atoms with Gasteiger partial charge < -0.3 is 0 Å². The summed E-state index contributed by atoms with van der Waals surface area (Å²) in [7, 11) is 0. The summed E-state index contributed by atoms with van der Waals surface area (Å²) in [4.78, 5) is 11.5. The van der Waals surface area contributed by atoms with Crippen molar-refractivity contribution < 1.29 is 4.79 Å². The molecule has 0 aromatic heterocycles. The Morgan fingerprint density at radius 2 is 2.20 bits per heavy atom. The highest BCUT2D eigenvalue weighted by atomic mass is 16.1. The van der Waals surface area contributed by atoms with Crippen LogP contribution >= 0.6 is 0 Å². The molecule has 84 valence electrons. The van der Waals surface area contributed by atoms with Crippen LogP contribution in [-0.2, 0) is 4.79 Å². The van der Waals surface area contributed by atoms with Crippen LogP contribution in [-0.4, -0.2) is 5.78 Å². The summed E-state index contributed by atoms with van der Waals surface area (Å²) >= 11 is 0. The summed E-state index contributed by atoms with van der Waals surface area (Å²) in [5, 5.41) is 0. The van der Waals surface area contributed by atoms with Crippen molar-refractivity contribution in [2.75, 3.05) is 0 Å². The van der Waals surface area contributed by atoms with E-state index in [9.17, 15) is 4.79 Å². The molecule has 1 saturated carbocycles. The molecule has 0 amide bonds. The second-order valence-electron chi connectivity index (χ2n) is 5.17. The van der Waals surface area contributed by atoms with Gasteiger partial charge in [-0.3, -0.25) is 4.79 Å². The summed E-state index contributed by atoms with van der Waals surface area (Å²) in [6.07, 6.45) is 11.6. The van der Waals surface area contributed by atoms with E-state index in [-0.39, 0.29) is 0 Å². The van der Waals surface area contributed by atoms with Gasteiger partial charge in [-0.05, 0) is 43.9 Å². The lowest BCUT2D eigenvalue weighted by atomic mass is 9.74. The minimum atomic E-state index is 0.503. The third-order valence-corrected chi connectivity index (χ3v) is 4.13. The first-order chi connectivity index (χ1) is 7.29. The zero-order chi connectivity index (χ0) is 10.7.